The number of aldehydes is 1. The minimum Gasteiger partial charge on any atom is -0.326 e. The molecule has 0 saturated heterocycles. The van der Waals surface area contributed by atoms with Crippen LogP contribution in [0.2, 0.25) is 0 Å². The van der Waals surface area contributed by atoms with Gasteiger partial charge in [-0.1, -0.05) is 12.1 Å². The summed E-state index contributed by atoms with van der Waals surface area (Å²) in [6.07, 6.45) is 0.917. The predicted molar refractivity (Wildman–Crippen MR) is 59.8 cm³/mol. The molecular formula is C12H15NO2. The van der Waals surface area contributed by atoms with Gasteiger partial charge in [0, 0.05) is 18.0 Å². The second kappa shape index (κ2) is 4.26. The van der Waals surface area contributed by atoms with E-state index in [1.807, 2.05) is 26.0 Å². The van der Waals surface area contributed by atoms with Crippen LogP contribution >= 0.6 is 0 Å². The van der Waals surface area contributed by atoms with Gasteiger partial charge in [-0.05, 0) is 31.5 Å². The standard InChI is InChI=1S/C12H15NO2/c1-9(15)13-11-6-4-10(5-7-11)12(2,3)8-14/h4-8H,1-3H3,(H,13,15). The average Bonchev–Trinajstić information content (AvgIpc) is 2.18. The lowest BCUT2D eigenvalue weighted by atomic mass is 9.86. The Balaban J connectivity index is 2.90. The zero-order chi connectivity index (χ0) is 11.5. The third kappa shape index (κ3) is 2.91. The van der Waals surface area contributed by atoms with E-state index in [9.17, 15) is 9.59 Å². The zero-order valence-corrected chi connectivity index (χ0v) is 9.20. The van der Waals surface area contributed by atoms with Crippen LogP contribution in [0.4, 0.5) is 5.69 Å². The number of benzene rings is 1. The largest absolute Gasteiger partial charge is 0.326 e. The summed E-state index contributed by atoms with van der Waals surface area (Å²) in [5, 5.41) is 2.67. The van der Waals surface area contributed by atoms with E-state index in [-0.39, 0.29) is 5.91 Å². The Morgan fingerprint density at radius 2 is 1.80 bits per heavy atom. The molecule has 0 aromatic heterocycles. The van der Waals surface area contributed by atoms with Gasteiger partial charge in [0.15, 0.2) is 0 Å². The molecule has 3 nitrogen and oxygen atoms in total. The molecule has 1 amide bonds. The molecule has 3 heteroatoms. The van der Waals surface area contributed by atoms with E-state index in [0.29, 0.717) is 0 Å². The van der Waals surface area contributed by atoms with Crippen LogP contribution < -0.4 is 5.32 Å². The maximum Gasteiger partial charge on any atom is 0.221 e. The highest BCUT2D eigenvalue weighted by Gasteiger charge is 2.18. The molecule has 0 aliphatic carbocycles. The number of rotatable bonds is 3. The summed E-state index contributed by atoms with van der Waals surface area (Å²) in [7, 11) is 0. The van der Waals surface area contributed by atoms with Crippen molar-refractivity contribution < 1.29 is 9.59 Å². The summed E-state index contributed by atoms with van der Waals surface area (Å²) in [6, 6.07) is 7.28. The molecule has 1 aromatic rings. The molecule has 0 spiro atoms. The number of amides is 1. The van der Waals surface area contributed by atoms with Crippen LogP contribution in [-0.2, 0) is 15.0 Å². The quantitative estimate of drug-likeness (QED) is 0.768. The van der Waals surface area contributed by atoms with Gasteiger partial charge in [0.2, 0.25) is 5.91 Å². The highest BCUT2D eigenvalue weighted by molar-refractivity contribution is 5.88. The van der Waals surface area contributed by atoms with E-state index in [2.05, 4.69) is 5.32 Å². The summed E-state index contributed by atoms with van der Waals surface area (Å²) < 4.78 is 0. The van der Waals surface area contributed by atoms with E-state index < -0.39 is 5.41 Å². The van der Waals surface area contributed by atoms with E-state index >= 15 is 0 Å². The fourth-order valence-electron chi connectivity index (χ4n) is 1.25. The van der Waals surface area contributed by atoms with Crippen molar-refractivity contribution >= 4 is 17.9 Å². The molecule has 0 aliphatic heterocycles. The normalized spacial score (nSPS) is 10.9. The molecule has 0 saturated carbocycles. The summed E-state index contributed by atoms with van der Waals surface area (Å²) >= 11 is 0. The topological polar surface area (TPSA) is 46.2 Å². The second-order valence-corrected chi connectivity index (χ2v) is 4.10. The lowest BCUT2D eigenvalue weighted by Crippen LogP contribution is -2.18. The van der Waals surface area contributed by atoms with Crippen molar-refractivity contribution in [2.75, 3.05) is 5.32 Å². The van der Waals surface area contributed by atoms with Crippen molar-refractivity contribution in [1.82, 2.24) is 0 Å². The van der Waals surface area contributed by atoms with Crippen molar-refractivity contribution in [3.63, 3.8) is 0 Å². The van der Waals surface area contributed by atoms with Gasteiger partial charge < -0.3 is 10.1 Å². The minimum absolute atomic E-state index is 0.0996. The van der Waals surface area contributed by atoms with Crippen molar-refractivity contribution in [2.24, 2.45) is 0 Å². The first-order valence-electron chi connectivity index (χ1n) is 4.80. The fourth-order valence-corrected chi connectivity index (χ4v) is 1.25. The zero-order valence-electron chi connectivity index (χ0n) is 9.20. The van der Waals surface area contributed by atoms with Crippen LogP contribution in [0.15, 0.2) is 24.3 Å². The molecule has 0 atom stereocenters. The Hall–Kier alpha value is -1.64. The van der Waals surface area contributed by atoms with Gasteiger partial charge in [-0.15, -0.1) is 0 Å². The highest BCUT2D eigenvalue weighted by atomic mass is 16.1. The summed E-state index contributed by atoms with van der Waals surface area (Å²) in [6.45, 7) is 5.17. The van der Waals surface area contributed by atoms with Gasteiger partial charge in [0.25, 0.3) is 0 Å². The van der Waals surface area contributed by atoms with Crippen LogP contribution in [0, 0.1) is 0 Å². The van der Waals surface area contributed by atoms with Gasteiger partial charge in [-0.25, -0.2) is 0 Å². The molecule has 1 N–H and O–H groups in total. The SMILES string of the molecule is CC(=O)Nc1ccc(C(C)(C)C=O)cc1. The number of hydrogen-bond acceptors (Lipinski definition) is 2. The first kappa shape index (κ1) is 11.4. The smallest absolute Gasteiger partial charge is 0.221 e. The second-order valence-electron chi connectivity index (χ2n) is 4.10. The van der Waals surface area contributed by atoms with E-state index in [0.717, 1.165) is 17.5 Å². The van der Waals surface area contributed by atoms with Crippen LogP contribution in [0.25, 0.3) is 0 Å². The summed E-state index contributed by atoms with van der Waals surface area (Å²) in [5.74, 6) is -0.0996. The molecule has 80 valence electrons. The van der Waals surface area contributed by atoms with Gasteiger partial charge in [-0.3, -0.25) is 4.79 Å². The van der Waals surface area contributed by atoms with E-state index in [1.165, 1.54) is 6.92 Å². The Kier molecular flexibility index (Phi) is 3.24. The van der Waals surface area contributed by atoms with Crippen LogP contribution in [0.1, 0.15) is 26.3 Å². The third-order valence-electron chi connectivity index (χ3n) is 2.24. The molecule has 15 heavy (non-hydrogen) atoms. The summed E-state index contributed by atoms with van der Waals surface area (Å²) in [4.78, 5) is 21.6. The monoisotopic (exact) mass is 205 g/mol. The number of carbonyl (C=O) groups is 2. The average molecular weight is 205 g/mol. The van der Waals surface area contributed by atoms with E-state index in [1.54, 1.807) is 12.1 Å². The van der Waals surface area contributed by atoms with E-state index in [4.69, 9.17) is 0 Å². The lowest BCUT2D eigenvalue weighted by molar-refractivity contribution is -0.114. The van der Waals surface area contributed by atoms with Crippen molar-refractivity contribution in [1.29, 1.82) is 0 Å². The van der Waals surface area contributed by atoms with Crippen LogP contribution in [0.5, 0.6) is 0 Å². The number of carbonyl (C=O) groups excluding carboxylic acids is 2. The predicted octanol–water partition coefficient (Wildman–Crippen LogP) is 2.12. The highest BCUT2D eigenvalue weighted by Crippen LogP contribution is 2.22. The molecular weight excluding hydrogens is 190 g/mol. The first-order valence-corrected chi connectivity index (χ1v) is 4.80. The fraction of sp³-hybridized carbons (Fsp3) is 0.333. The van der Waals surface area contributed by atoms with Gasteiger partial charge in [-0.2, -0.15) is 0 Å². The number of anilines is 1. The summed E-state index contributed by atoms with van der Waals surface area (Å²) in [5.41, 5.74) is 1.20. The molecule has 0 radical (unpaired) electrons. The van der Waals surface area contributed by atoms with Crippen molar-refractivity contribution in [3.8, 4) is 0 Å². The molecule has 0 bridgehead atoms. The Labute approximate surface area is 89.5 Å². The van der Waals surface area contributed by atoms with Gasteiger partial charge in [0.1, 0.15) is 6.29 Å². The third-order valence-corrected chi connectivity index (χ3v) is 2.24. The lowest BCUT2D eigenvalue weighted by Gasteiger charge is -2.17. The number of hydrogen-bond donors (Lipinski definition) is 1. The Morgan fingerprint density at radius 3 is 2.20 bits per heavy atom. The minimum atomic E-state index is -0.477. The maximum atomic E-state index is 10.8. The molecule has 0 unspecified atom stereocenters. The van der Waals surface area contributed by atoms with Crippen molar-refractivity contribution in [2.45, 2.75) is 26.2 Å². The first-order chi connectivity index (χ1) is 6.95. The molecule has 0 heterocycles. The molecule has 1 rings (SSSR count). The molecule has 1 aromatic carbocycles. The van der Waals surface area contributed by atoms with Gasteiger partial charge in [0.05, 0.1) is 0 Å². The Bertz CT molecular complexity index is 366. The van der Waals surface area contributed by atoms with Crippen molar-refractivity contribution in [3.05, 3.63) is 29.8 Å². The maximum absolute atomic E-state index is 10.8. The molecule has 0 aliphatic rings. The Morgan fingerprint density at radius 1 is 1.27 bits per heavy atom. The molecule has 0 fully saturated rings. The van der Waals surface area contributed by atoms with Gasteiger partial charge >= 0.3 is 0 Å². The van der Waals surface area contributed by atoms with Crippen LogP contribution in [0.3, 0.4) is 0 Å². The number of nitrogens with one attached hydrogen (secondary N) is 1. The van der Waals surface area contributed by atoms with Crippen LogP contribution in [-0.4, -0.2) is 12.2 Å².